The molecule has 0 radical (unpaired) electrons. The van der Waals surface area contributed by atoms with E-state index in [1.807, 2.05) is 41.6 Å². The van der Waals surface area contributed by atoms with Crippen molar-refractivity contribution in [2.75, 3.05) is 11.9 Å². The molecule has 0 saturated carbocycles. The first-order valence-corrected chi connectivity index (χ1v) is 8.87. The molecule has 4 aromatic rings. The first-order valence-electron chi connectivity index (χ1n) is 7.19. The Morgan fingerprint density at radius 1 is 1.25 bits per heavy atom. The summed E-state index contributed by atoms with van der Waals surface area (Å²) in [4.78, 5) is 30.1. The molecule has 0 unspecified atom stereocenters. The van der Waals surface area contributed by atoms with Crippen molar-refractivity contribution < 1.29 is 0 Å². The van der Waals surface area contributed by atoms with Crippen LogP contribution in [0.1, 0.15) is 5.82 Å². The van der Waals surface area contributed by atoms with Gasteiger partial charge in [-0.25, -0.2) is 15.0 Å². The summed E-state index contributed by atoms with van der Waals surface area (Å²) in [6, 6.07) is 7.73. The molecule has 0 amide bonds. The van der Waals surface area contributed by atoms with Crippen LogP contribution in [-0.2, 0) is 6.54 Å². The maximum absolute atomic E-state index is 12.1. The van der Waals surface area contributed by atoms with E-state index in [9.17, 15) is 4.79 Å². The van der Waals surface area contributed by atoms with Crippen LogP contribution in [0, 0.1) is 0 Å². The lowest BCUT2D eigenvalue weighted by atomic mass is 10.2. The molecule has 1 aromatic carbocycles. The van der Waals surface area contributed by atoms with Crippen molar-refractivity contribution >= 4 is 54.2 Å². The Morgan fingerprint density at radius 3 is 3.00 bits per heavy atom. The number of fused-ring (bicyclic) bond motifs is 2. The Balaban J connectivity index is 1.74. The van der Waals surface area contributed by atoms with Gasteiger partial charge in [0.25, 0.3) is 5.56 Å². The summed E-state index contributed by atoms with van der Waals surface area (Å²) in [7, 11) is 1.92. The zero-order valence-electron chi connectivity index (χ0n) is 12.7. The van der Waals surface area contributed by atoms with Crippen LogP contribution in [0.2, 0.25) is 0 Å². The van der Waals surface area contributed by atoms with Gasteiger partial charge in [-0.1, -0.05) is 15.9 Å². The molecule has 0 saturated heterocycles. The van der Waals surface area contributed by atoms with Crippen molar-refractivity contribution in [3.8, 4) is 0 Å². The van der Waals surface area contributed by atoms with E-state index >= 15 is 0 Å². The van der Waals surface area contributed by atoms with Crippen LogP contribution in [0.5, 0.6) is 0 Å². The van der Waals surface area contributed by atoms with Crippen molar-refractivity contribution in [1.82, 2.24) is 19.9 Å². The van der Waals surface area contributed by atoms with Crippen LogP contribution in [0.15, 0.2) is 45.2 Å². The molecule has 3 heterocycles. The van der Waals surface area contributed by atoms with E-state index in [0.717, 1.165) is 26.7 Å². The Hall–Kier alpha value is -2.32. The van der Waals surface area contributed by atoms with Gasteiger partial charge in [-0.15, -0.1) is 11.3 Å². The second kappa shape index (κ2) is 5.95. The van der Waals surface area contributed by atoms with Crippen molar-refractivity contribution in [3.05, 3.63) is 56.6 Å². The maximum atomic E-state index is 12.1. The van der Waals surface area contributed by atoms with Gasteiger partial charge in [0.1, 0.15) is 22.7 Å². The third kappa shape index (κ3) is 2.67. The van der Waals surface area contributed by atoms with Gasteiger partial charge in [0, 0.05) is 16.9 Å². The van der Waals surface area contributed by atoms with Gasteiger partial charge in [0.2, 0.25) is 0 Å². The predicted octanol–water partition coefficient (Wildman–Crippen LogP) is 3.33. The Kier molecular flexibility index (Phi) is 3.78. The van der Waals surface area contributed by atoms with Gasteiger partial charge in [0.15, 0.2) is 0 Å². The van der Waals surface area contributed by atoms with Crippen molar-refractivity contribution in [2.24, 2.45) is 0 Å². The van der Waals surface area contributed by atoms with Crippen LogP contribution in [0.3, 0.4) is 0 Å². The fraction of sp³-hybridized carbons (Fsp3) is 0.125. The van der Waals surface area contributed by atoms with E-state index in [-0.39, 0.29) is 5.56 Å². The number of rotatable bonds is 3. The minimum atomic E-state index is -0.103. The zero-order valence-corrected chi connectivity index (χ0v) is 15.1. The van der Waals surface area contributed by atoms with Gasteiger partial charge in [-0.3, -0.25) is 4.79 Å². The Bertz CT molecular complexity index is 1110. The van der Waals surface area contributed by atoms with Crippen LogP contribution < -0.4 is 10.5 Å². The quantitative estimate of drug-likeness (QED) is 0.569. The van der Waals surface area contributed by atoms with E-state index in [4.69, 9.17) is 0 Å². The minimum absolute atomic E-state index is 0.103. The third-order valence-corrected chi connectivity index (χ3v) is 5.08. The topological polar surface area (TPSA) is 74.8 Å². The van der Waals surface area contributed by atoms with Crippen LogP contribution in [0.4, 0.5) is 5.82 Å². The highest BCUT2D eigenvalue weighted by atomic mass is 79.9. The molecule has 0 aliphatic rings. The highest BCUT2D eigenvalue weighted by Gasteiger charge is 2.12. The van der Waals surface area contributed by atoms with Crippen LogP contribution in [-0.4, -0.2) is 27.0 Å². The zero-order chi connectivity index (χ0) is 16.7. The number of aromatic amines is 1. The SMILES string of the molecule is CN(Cc1nc2ccsc2c(=O)[nH]1)c1ncnc2ccc(Br)cc12. The van der Waals surface area contributed by atoms with E-state index < -0.39 is 0 Å². The molecule has 0 aliphatic heterocycles. The fourth-order valence-electron chi connectivity index (χ4n) is 2.62. The van der Waals surface area contributed by atoms with E-state index in [2.05, 4.69) is 35.9 Å². The number of halogens is 1. The highest BCUT2D eigenvalue weighted by Crippen LogP contribution is 2.26. The molecule has 1 N–H and O–H groups in total. The standard InChI is InChI=1S/C16H12BrN5OS/c1-22(7-13-20-12-4-5-24-14(12)16(23)21-13)15-10-6-9(17)2-3-11(10)18-8-19-15/h2-6,8H,7H2,1H3,(H,20,21,23). The van der Waals surface area contributed by atoms with Gasteiger partial charge < -0.3 is 9.88 Å². The summed E-state index contributed by atoms with van der Waals surface area (Å²) in [5, 5.41) is 2.81. The number of aromatic nitrogens is 4. The lowest BCUT2D eigenvalue weighted by Crippen LogP contribution is -2.22. The molecule has 0 spiro atoms. The van der Waals surface area contributed by atoms with Crippen LogP contribution >= 0.6 is 27.3 Å². The minimum Gasteiger partial charge on any atom is -0.352 e. The normalized spacial score (nSPS) is 11.2. The van der Waals surface area contributed by atoms with Gasteiger partial charge in [0.05, 0.1) is 17.6 Å². The number of anilines is 1. The second-order valence-corrected chi connectivity index (χ2v) is 7.19. The summed E-state index contributed by atoms with van der Waals surface area (Å²) < 4.78 is 1.61. The molecular weight excluding hydrogens is 390 g/mol. The number of thiophene rings is 1. The summed E-state index contributed by atoms with van der Waals surface area (Å²) >= 11 is 4.88. The van der Waals surface area contributed by atoms with E-state index in [1.165, 1.54) is 11.3 Å². The number of benzene rings is 1. The van der Waals surface area contributed by atoms with Crippen LogP contribution in [0.25, 0.3) is 21.1 Å². The molecule has 0 aliphatic carbocycles. The monoisotopic (exact) mass is 401 g/mol. The van der Waals surface area contributed by atoms with Gasteiger partial charge in [-0.05, 0) is 29.6 Å². The molecule has 0 bridgehead atoms. The molecule has 0 atom stereocenters. The lowest BCUT2D eigenvalue weighted by molar-refractivity contribution is 0.829. The molecule has 4 rings (SSSR count). The Labute approximate surface area is 149 Å². The Morgan fingerprint density at radius 2 is 2.12 bits per heavy atom. The first kappa shape index (κ1) is 15.2. The summed E-state index contributed by atoms with van der Waals surface area (Å²) in [5.74, 6) is 1.39. The number of nitrogens with zero attached hydrogens (tertiary/aromatic N) is 4. The van der Waals surface area contributed by atoms with Gasteiger partial charge >= 0.3 is 0 Å². The average molecular weight is 402 g/mol. The fourth-order valence-corrected chi connectivity index (χ4v) is 3.70. The highest BCUT2D eigenvalue weighted by molar-refractivity contribution is 9.10. The summed E-state index contributed by atoms with van der Waals surface area (Å²) in [6.07, 6.45) is 1.54. The summed E-state index contributed by atoms with van der Waals surface area (Å²) in [5.41, 5.74) is 1.49. The first-order chi connectivity index (χ1) is 11.6. The largest absolute Gasteiger partial charge is 0.352 e. The van der Waals surface area contributed by atoms with Crippen molar-refractivity contribution in [3.63, 3.8) is 0 Å². The average Bonchev–Trinajstić information content (AvgIpc) is 3.03. The molecule has 120 valence electrons. The number of nitrogens with one attached hydrogen (secondary N) is 1. The molecule has 24 heavy (non-hydrogen) atoms. The van der Waals surface area contributed by atoms with Gasteiger partial charge in [-0.2, -0.15) is 0 Å². The lowest BCUT2D eigenvalue weighted by Gasteiger charge is -2.19. The maximum Gasteiger partial charge on any atom is 0.268 e. The van der Waals surface area contributed by atoms with Crippen molar-refractivity contribution in [2.45, 2.75) is 6.54 Å². The molecule has 6 nitrogen and oxygen atoms in total. The van der Waals surface area contributed by atoms with E-state index in [0.29, 0.717) is 17.1 Å². The smallest absolute Gasteiger partial charge is 0.268 e. The van der Waals surface area contributed by atoms with Crippen molar-refractivity contribution in [1.29, 1.82) is 0 Å². The molecular formula is C16H12BrN5OS. The summed E-state index contributed by atoms with van der Waals surface area (Å²) in [6.45, 7) is 0.444. The number of hydrogen-bond acceptors (Lipinski definition) is 6. The molecule has 3 aromatic heterocycles. The number of hydrogen-bond donors (Lipinski definition) is 1. The molecule has 8 heteroatoms. The third-order valence-electron chi connectivity index (χ3n) is 3.69. The van der Waals surface area contributed by atoms with E-state index in [1.54, 1.807) is 6.33 Å². The second-order valence-electron chi connectivity index (χ2n) is 5.36. The molecule has 0 fully saturated rings. The predicted molar refractivity (Wildman–Crippen MR) is 99.6 cm³/mol. The number of H-pyrrole nitrogens is 1.